The number of amides is 1. The van der Waals surface area contributed by atoms with Crippen LogP contribution in [0.15, 0.2) is 48.5 Å². The summed E-state index contributed by atoms with van der Waals surface area (Å²) in [5.41, 5.74) is 6.31. The Morgan fingerprint density at radius 2 is 1.97 bits per heavy atom. The molecule has 3 aromatic rings. The zero-order valence-electron chi connectivity index (χ0n) is 19.9. The van der Waals surface area contributed by atoms with Crippen molar-refractivity contribution in [3.05, 3.63) is 88.0 Å². The summed E-state index contributed by atoms with van der Waals surface area (Å²) in [5.74, 6) is -0.183. The van der Waals surface area contributed by atoms with Gasteiger partial charge in [0.05, 0.1) is 5.69 Å². The van der Waals surface area contributed by atoms with Crippen LogP contribution in [0.4, 0.5) is 4.39 Å². The lowest BCUT2D eigenvalue weighted by Gasteiger charge is -2.41. The molecule has 1 amide bonds. The Labute approximate surface area is 195 Å². The van der Waals surface area contributed by atoms with Crippen LogP contribution in [0.2, 0.25) is 0 Å². The van der Waals surface area contributed by atoms with Gasteiger partial charge in [-0.2, -0.15) is 5.10 Å². The number of nitrogens with one attached hydrogen (secondary N) is 1. The fourth-order valence-corrected chi connectivity index (χ4v) is 5.21. The van der Waals surface area contributed by atoms with Crippen LogP contribution in [0.1, 0.15) is 59.1 Å². The van der Waals surface area contributed by atoms with Crippen molar-refractivity contribution < 1.29 is 9.18 Å². The van der Waals surface area contributed by atoms with Gasteiger partial charge in [-0.1, -0.05) is 42.5 Å². The fourth-order valence-electron chi connectivity index (χ4n) is 5.21. The van der Waals surface area contributed by atoms with Crippen molar-refractivity contribution in [3.8, 4) is 0 Å². The van der Waals surface area contributed by atoms with Crippen LogP contribution in [0, 0.1) is 19.7 Å². The highest BCUT2D eigenvalue weighted by molar-refractivity contribution is 5.83. The van der Waals surface area contributed by atoms with Crippen molar-refractivity contribution in [3.63, 3.8) is 0 Å². The SMILES string of the molecule is CCn1nc(C)c2c1CCN([C@@H](C(=O)NC)c1ccccc1)[C@H]2CCc1ccc(F)c(C)c1. The summed E-state index contributed by atoms with van der Waals surface area (Å²) in [6, 6.07) is 15.0. The van der Waals surface area contributed by atoms with Gasteiger partial charge in [0.25, 0.3) is 0 Å². The van der Waals surface area contributed by atoms with Crippen molar-refractivity contribution in [2.24, 2.45) is 0 Å². The number of carbonyl (C=O) groups excluding carboxylic acids is 1. The zero-order valence-corrected chi connectivity index (χ0v) is 19.9. The molecule has 0 aliphatic carbocycles. The van der Waals surface area contributed by atoms with Crippen LogP contribution >= 0.6 is 0 Å². The van der Waals surface area contributed by atoms with Crippen molar-refractivity contribution in [2.75, 3.05) is 13.6 Å². The van der Waals surface area contributed by atoms with Crippen molar-refractivity contribution in [1.82, 2.24) is 20.0 Å². The molecule has 5 nitrogen and oxygen atoms in total. The number of hydrogen-bond acceptors (Lipinski definition) is 3. The standard InChI is InChI=1S/C27H33FN4O/c1-5-32-24-15-16-31(26(27(33)29-4)21-9-7-6-8-10-21)23(25(24)19(3)30-32)14-12-20-11-13-22(28)18(2)17-20/h6-11,13,17,23,26H,5,12,14-16H2,1-4H3,(H,29,33)/t23-,26+/m0/s1. The Kier molecular flexibility index (Phi) is 6.94. The van der Waals surface area contributed by atoms with Crippen molar-refractivity contribution in [2.45, 2.75) is 58.7 Å². The molecule has 2 atom stereocenters. The molecule has 0 radical (unpaired) electrons. The molecule has 0 saturated carbocycles. The van der Waals surface area contributed by atoms with E-state index in [4.69, 9.17) is 5.10 Å². The fraction of sp³-hybridized carbons (Fsp3) is 0.407. The normalized spacial score (nSPS) is 16.9. The number of carbonyl (C=O) groups is 1. The summed E-state index contributed by atoms with van der Waals surface area (Å²) in [5, 5.41) is 7.69. The number of rotatable bonds is 7. The van der Waals surface area contributed by atoms with E-state index >= 15 is 0 Å². The summed E-state index contributed by atoms with van der Waals surface area (Å²) in [7, 11) is 1.70. The van der Waals surface area contributed by atoms with E-state index < -0.39 is 0 Å². The Hall–Kier alpha value is -2.99. The third-order valence-electron chi connectivity index (χ3n) is 6.79. The molecule has 2 aromatic carbocycles. The molecule has 0 fully saturated rings. The number of likely N-dealkylation sites (N-methyl/N-ethyl adjacent to an activating group) is 1. The first-order valence-electron chi connectivity index (χ1n) is 11.8. The minimum atomic E-state index is -0.381. The molecule has 1 aliphatic rings. The molecule has 1 aliphatic heterocycles. The number of nitrogens with zero attached hydrogens (tertiary/aromatic N) is 3. The largest absolute Gasteiger partial charge is 0.358 e. The van der Waals surface area contributed by atoms with Crippen molar-refractivity contribution in [1.29, 1.82) is 0 Å². The van der Waals surface area contributed by atoms with Gasteiger partial charge in [0.2, 0.25) is 5.91 Å². The molecule has 0 bridgehead atoms. The van der Waals surface area contributed by atoms with Crippen LogP contribution in [-0.2, 0) is 24.2 Å². The van der Waals surface area contributed by atoms with E-state index in [-0.39, 0.29) is 23.8 Å². The maximum Gasteiger partial charge on any atom is 0.241 e. The van der Waals surface area contributed by atoms with Gasteiger partial charge in [0.1, 0.15) is 11.9 Å². The number of aromatic nitrogens is 2. The summed E-state index contributed by atoms with van der Waals surface area (Å²) < 4.78 is 15.9. The topological polar surface area (TPSA) is 50.2 Å². The molecule has 1 N–H and O–H groups in total. The number of halogens is 1. The summed E-state index contributed by atoms with van der Waals surface area (Å²) in [6.45, 7) is 7.60. The first-order valence-corrected chi connectivity index (χ1v) is 11.8. The molecule has 0 spiro atoms. The van der Waals surface area contributed by atoms with Crippen LogP contribution in [0.25, 0.3) is 0 Å². The summed E-state index contributed by atoms with van der Waals surface area (Å²) in [4.78, 5) is 15.5. The predicted octanol–water partition coefficient (Wildman–Crippen LogP) is 4.68. The lowest BCUT2D eigenvalue weighted by Crippen LogP contribution is -2.45. The van der Waals surface area contributed by atoms with Gasteiger partial charge in [-0.3, -0.25) is 14.4 Å². The molecular formula is C27H33FN4O. The molecule has 33 heavy (non-hydrogen) atoms. The molecule has 174 valence electrons. The Morgan fingerprint density at radius 3 is 2.64 bits per heavy atom. The highest BCUT2D eigenvalue weighted by Gasteiger charge is 2.39. The van der Waals surface area contributed by atoms with E-state index in [1.165, 1.54) is 11.3 Å². The van der Waals surface area contributed by atoms with Gasteiger partial charge in [-0.05, 0) is 56.4 Å². The third-order valence-corrected chi connectivity index (χ3v) is 6.79. The quantitative estimate of drug-likeness (QED) is 0.571. The molecule has 0 saturated heterocycles. The Bertz CT molecular complexity index is 1120. The number of hydrogen-bond donors (Lipinski definition) is 1. The smallest absolute Gasteiger partial charge is 0.241 e. The van der Waals surface area contributed by atoms with E-state index in [0.717, 1.165) is 49.2 Å². The monoisotopic (exact) mass is 448 g/mol. The van der Waals surface area contributed by atoms with E-state index in [1.807, 2.05) is 42.5 Å². The van der Waals surface area contributed by atoms with E-state index in [2.05, 4.69) is 28.7 Å². The molecular weight excluding hydrogens is 415 g/mol. The highest BCUT2D eigenvalue weighted by atomic mass is 19.1. The second kappa shape index (κ2) is 9.87. The van der Waals surface area contributed by atoms with Gasteiger partial charge in [0.15, 0.2) is 0 Å². The highest BCUT2D eigenvalue weighted by Crippen LogP contribution is 2.40. The first kappa shape index (κ1) is 23.2. The lowest BCUT2D eigenvalue weighted by molar-refractivity contribution is -0.127. The van der Waals surface area contributed by atoms with Crippen LogP contribution in [0.5, 0.6) is 0 Å². The molecule has 1 aromatic heterocycles. The van der Waals surface area contributed by atoms with Crippen LogP contribution in [0.3, 0.4) is 0 Å². The van der Waals surface area contributed by atoms with Gasteiger partial charge >= 0.3 is 0 Å². The number of fused-ring (bicyclic) bond motifs is 1. The van der Waals surface area contributed by atoms with Gasteiger partial charge in [-0.15, -0.1) is 0 Å². The van der Waals surface area contributed by atoms with E-state index in [9.17, 15) is 9.18 Å². The van der Waals surface area contributed by atoms with Crippen LogP contribution in [-0.4, -0.2) is 34.2 Å². The summed E-state index contributed by atoms with van der Waals surface area (Å²) >= 11 is 0. The van der Waals surface area contributed by atoms with Crippen molar-refractivity contribution >= 4 is 5.91 Å². The van der Waals surface area contributed by atoms with Crippen LogP contribution < -0.4 is 5.32 Å². The second-order valence-electron chi connectivity index (χ2n) is 8.81. The number of aryl methyl sites for hydroxylation is 4. The third kappa shape index (κ3) is 4.58. The Morgan fingerprint density at radius 1 is 1.21 bits per heavy atom. The molecule has 0 unspecified atom stereocenters. The van der Waals surface area contributed by atoms with Gasteiger partial charge < -0.3 is 5.32 Å². The average Bonchev–Trinajstić information content (AvgIpc) is 3.16. The van der Waals surface area contributed by atoms with E-state index in [0.29, 0.717) is 5.56 Å². The molecule has 4 rings (SSSR count). The predicted molar refractivity (Wildman–Crippen MR) is 128 cm³/mol. The summed E-state index contributed by atoms with van der Waals surface area (Å²) in [6.07, 6.45) is 2.48. The van der Waals surface area contributed by atoms with Gasteiger partial charge in [0, 0.05) is 43.9 Å². The Balaban J connectivity index is 1.74. The van der Waals surface area contributed by atoms with Gasteiger partial charge in [-0.25, -0.2) is 4.39 Å². The lowest BCUT2D eigenvalue weighted by atomic mass is 9.88. The number of benzene rings is 2. The minimum Gasteiger partial charge on any atom is -0.358 e. The first-order chi connectivity index (χ1) is 15.9. The zero-order chi connectivity index (χ0) is 23.5. The molecule has 6 heteroatoms. The molecule has 2 heterocycles. The maximum atomic E-state index is 13.8. The average molecular weight is 449 g/mol. The van der Waals surface area contributed by atoms with E-state index in [1.54, 1.807) is 20.0 Å². The maximum absolute atomic E-state index is 13.8. The second-order valence-corrected chi connectivity index (χ2v) is 8.81. The minimum absolute atomic E-state index is 0.00665.